The quantitative estimate of drug-likeness (QED) is 0.132. The van der Waals surface area contributed by atoms with E-state index in [4.69, 9.17) is 21.1 Å². The van der Waals surface area contributed by atoms with E-state index in [1.54, 1.807) is 6.92 Å². The van der Waals surface area contributed by atoms with Gasteiger partial charge in [0.15, 0.2) is 18.1 Å². The van der Waals surface area contributed by atoms with Crippen molar-refractivity contribution in [2.45, 2.75) is 13.1 Å². The molecule has 9 nitrogen and oxygen atoms in total. The summed E-state index contributed by atoms with van der Waals surface area (Å²) in [5, 5.41) is 17.6. The molecule has 0 fully saturated rings. The maximum atomic E-state index is 13.0. The zero-order chi connectivity index (χ0) is 27.9. The molecule has 2 N–H and O–H groups in total. The maximum Gasteiger partial charge on any atom is 0.416 e. The van der Waals surface area contributed by atoms with Crippen molar-refractivity contribution in [1.82, 2.24) is 0 Å². The first-order valence-corrected chi connectivity index (χ1v) is 11.1. The van der Waals surface area contributed by atoms with Crippen LogP contribution in [-0.4, -0.2) is 30.3 Å². The fourth-order valence-electron chi connectivity index (χ4n) is 3.06. The van der Waals surface area contributed by atoms with Crippen LogP contribution in [0.15, 0.2) is 59.7 Å². The first-order valence-electron chi connectivity index (χ1n) is 10.8. The van der Waals surface area contributed by atoms with Crippen LogP contribution < -0.4 is 20.2 Å². The Labute approximate surface area is 218 Å². The van der Waals surface area contributed by atoms with E-state index in [-0.39, 0.29) is 28.8 Å². The van der Waals surface area contributed by atoms with E-state index < -0.39 is 40.7 Å². The highest BCUT2D eigenvalue weighted by Crippen LogP contribution is 2.37. The number of ether oxygens (including phenoxy) is 2. The molecule has 0 unspecified atom stereocenters. The van der Waals surface area contributed by atoms with Crippen molar-refractivity contribution in [3.05, 3.63) is 86.7 Å². The Morgan fingerprint density at radius 3 is 2.47 bits per heavy atom. The first kappa shape index (κ1) is 28.2. The molecule has 1 amide bonds. The van der Waals surface area contributed by atoms with Gasteiger partial charge in [-0.2, -0.15) is 18.3 Å². The van der Waals surface area contributed by atoms with Gasteiger partial charge in [-0.1, -0.05) is 11.6 Å². The number of halogens is 5. The van der Waals surface area contributed by atoms with Crippen molar-refractivity contribution in [3.8, 4) is 11.5 Å². The van der Waals surface area contributed by atoms with Crippen molar-refractivity contribution in [2.24, 2.45) is 5.10 Å². The topological polar surface area (TPSA) is 115 Å². The average molecular weight is 555 g/mol. The molecule has 3 aromatic rings. The minimum Gasteiger partial charge on any atom is -0.490 e. The lowest BCUT2D eigenvalue weighted by atomic mass is 10.1. The zero-order valence-electron chi connectivity index (χ0n) is 19.5. The molecule has 0 aromatic heterocycles. The van der Waals surface area contributed by atoms with Gasteiger partial charge in [0.25, 0.3) is 11.6 Å². The van der Waals surface area contributed by atoms with Crippen molar-refractivity contribution in [3.63, 3.8) is 0 Å². The lowest BCUT2D eigenvalue weighted by Gasteiger charge is -2.14. The lowest BCUT2D eigenvalue weighted by Crippen LogP contribution is -2.20. The number of nitrogens with one attached hydrogen (secondary N) is 2. The molecule has 0 aliphatic heterocycles. The summed E-state index contributed by atoms with van der Waals surface area (Å²) in [5.74, 6) is -0.769. The number of hydrogen-bond acceptors (Lipinski definition) is 7. The highest BCUT2D eigenvalue weighted by Gasteiger charge is 2.33. The third kappa shape index (κ3) is 7.56. The van der Waals surface area contributed by atoms with Crippen LogP contribution in [0.3, 0.4) is 0 Å². The molecule has 200 valence electrons. The molecule has 0 saturated carbocycles. The third-order valence-electron chi connectivity index (χ3n) is 4.73. The van der Waals surface area contributed by atoms with Crippen molar-refractivity contribution < 1.29 is 36.8 Å². The Balaban J connectivity index is 1.73. The van der Waals surface area contributed by atoms with Gasteiger partial charge in [-0.05, 0) is 61.0 Å². The fraction of sp³-hybridized carbons (Fsp3) is 0.167. The molecule has 38 heavy (non-hydrogen) atoms. The summed E-state index contributed by atoms with van der Waals surface area (Å²) in [4.78, 5) is 22.4. The minimum absolute atomic E-state index is 0.0486. The number of nitro benzene ring substituents is 1. The van der Waals surface area contributed by atoms with Crippen LogP contribution in [0, 0.1) is 15.9 Å². The molecule has 0 bridgehead atoms. The van der Waals surface area contributed by atoms with Gasteiger partial charge in [0.1, 0.15) is 11.5 Å². The van der Waals surface area contributed by atoms with E-state index >= 15 is 0 Å². The van der Waals surface area contributed by atoms with Gasteiger partial charge in [0.2, 0.25) is 0 Å². The van der Waals surface area contributed by atoms with Gasteiger partial charge in [0.05, 0.1) is 28.3 Å². The molecule has 0 aliphatic carbocycles. The van der Waals surface area contributed by atoms with Crippen LogP contribution in [0.1, 0.15) is 18.1 Å². The summed E-state index contributed by atoms with van der Waals surface area (Å²) in [6.45, 7) is 1.47. The highest BCUT2D eigenvalue weighted by atomic mass is 35.5. The molecule has 0 saturated heterocycles. The highest BCUT2D eigenvalue weighted by molar-refractivity contribution is 6.32. The van der Waals surface area contributed by atoms with Crippen LogP contribution in [0.2, 0.25) is 5.02 Å². The Morgan fingerprint density at radius 2 is 1.84 bits per heavy atom. The Kier molecular flexibility index (Phi) is 9.07. The standard InChI is InChI=1S/C24H19ClF4N4O5/c1-2-37-21-10-14(12-30-32-19-8-3-15(24(27,28)29)11-20(19)33(35)36)9-18(25)23(21)38-13-22(34)31-17-6-4-16(26)5-7-17/h3-12,32H,2,13H2,1H3,(H,31,34)/b30-12-. The normalized spacial score (nSPS) is 11.3. The summed E-state index contributed by atoms with van der Waals surface area (Å²) >= 11 is 6.30. The number of nitrogens with zero attached hydrogens (tertiary/aromatic N) is 2. The molecular weight excluding hydrogens is 536 g/mol. The van der Waals surface area contributed by atoms with Crippen molar-refractivity contribution in [2.75, 3.05) is 24.0 Å². The lowest BCUT2D eigenvalue weighted by molar-refractivity contribution is -0.384. The minimum atomic E-state index is -4.75. The number of nitro groups is 1. The molecule has 0 atom stereocenters. The molecule has 3 rings (SSSR count). The predicted molar refractivity (Wildman–Crippen MR) is 132 cm³/mol. The molecule has 0 heterocycles. The fourth-order valence-corrected chi connectivity index (χ4v) is 3.34. The number of hydrazone groups is 1. The number of alkyl halides is 3. The Hall–Kier alpha value is -4.39. The molecule has 0 aliphatic rings. The summed E-state index contributed by atoms with van der Waals surface area (Å²) in [5.41, 5.74) is 0.811. The van der Waals surface area contributed by atoms with E-state index in [0.717, 1.165) is 6.07 Å². The van der Waals surface area contributed by atoms with Gasteiger partial charge in [-0.3, -0.25) is 20.3 Å². The smallest absolute Gasteiger partial charge is 0.416 e. The number of anilines is 2. The number of hydrogen-bond donors (Lipinski definition) is 2. The first-order chi connectivity index (χ1) is 18.0. The number of rotatable bonds is 10. The summed E-state index contributed by atoms with van der Waals surface area (Å²) in [6, 6.07) is 9.99. The predicted octanol–water partition coefficient (Wildman–Crippen LogP) is 6.27. The van der Waals surface area contributed by atoms with Gasteiger partial charge >= 0.3 is 6.18 Å². The number of amides is 1. The van der Waals surface area contributed by atoms with Crippen LogP contribution in [0.5, 0.6) is 11.5 Å². The van der Waals surface area contributed by atoms with E-state index in [0.29, 0.717) is 23.4 Å². The van der Waals surface area contributed by atoms with Gasteiger partial charge in [0, 0.05) is 11.8 Å². The largest absolute Gasteiger partial charge is 0.490 e. The Morgan fingerprint density at radius 1 is 1.13 bits per heavy atom. The zero-order valence-corrected chi connectivity index (χ0v) is 20.3. The molecular formula is C24H19ClF4N4O5. The average Bonchev–Trinajstić information content (AvgIpc) is 2.84. The van der Waals surface area contributed by atoms with Gasteiger partial charge in [-0.25, -0.2) is 4.39 Å². The van der Waals surface area contributed by atoms with Crippen LogP contribution in [0.25, 0.3) is 0 Å². The van der Waals surface area contributed by atoms with Crippen LogP contribution in [0.4, 0.5) is 34.6 Å². The van der Waals surface area contributed by atoms with Crippen LogP contribution in [-0.2, 0) is 11.0 Å². The van der Waals surface area contributed by atoms with Crippen molar-refractivity contribution >= 4 is 40.8 Å². The molecule has 0 spiro atoms. The maximum absolute atomic E-state index is 13.0. The van der Waals surface area contributed by atoms with Gasteiger partial charge < -0.3 is 14.8 Å². The van der Waals surface area contributed by atoms with E-state index in [1.165, 1.54) is 42.6 Å². The molecule has 3 aromatic carbocycles. The summed E-state index contributed by atoms with van der Waals surface area (Å²) < 4.78 is 62.7. The van der Waals surface area contributed by atoms with Crippen molar-refractivity contribution in [1.29, 1.82) is 0 Å². The third-order valence-corrected chi connectivity index (χ3v) is 5.01. The number of carbonyl (C=O) groups excluding carboxylic acids is 1. The number of benzene rings is 3. The second-order valence-electron chi connectivity index (χ2n) is 7.46. The second kappa shape index (κ2) is 12.2. The monoisotopic (exact) mass is 554 g/mol. The van der Waals surface area contributed by atoms with E-state index in [2.05, 4.69) is 15.8 Å². The molecule has 0 radical (unpaired) electrons. The Bertz CT molecular complexity index is 1350. The summed E-state index contributed by atoms with van der Waals surface area (Å²) in [6.07, 6.45) is -3.54. The van der Waals surface area contributed by atoms with Gasteiger partial charge in [-0.15, -0.1) is 0 Å². The van der Waals surface area contributed by atoms with E-state index in [9.17, 15) is 32.5 Å². The van der Waals surface area contributed by atoms with E-state index in [1.807, 2.05) is 0 Å². The second-order valence-corrected chi connectivity index (χ2v) is 7.87. The summed E-state index contributed by atoms with van der Waals surface area (Å²) in [7, 11) is 0. The number of carbonyl (C=O) groups is 1. The van der Waals surface area contributed by atoms with Crippen LogP contribution >= 0.6 is 11.6 Å². The molecule has 14 heteroatoms. The SMILES string of the molecule is CCOc1cc(/C=N\Nc2ccc(C(F)(F)F)cc2[N+](=O)[O-])cc(Cl)c1OCC(=O)Nc1ccc(F)cc1.